The Bertz CT molecular complexity index is 752. The van der Waals surface area contributed by atoms with Crippen molar-refractivity contribution >= 4 is 22.6 Å². The van der Waals surface area contributed by atoms with E-state index in [2.05, 4.69) is 0 Å². The topological polar surface area (TPSA) is 60.4 Å². The molecule has 0 aromatic heterocycles. The first-order chi connectivity index (χ1) is 11.4. The molecule has 0 saturated heterocycles. The zero-order valence-corrected chi connectivity index (χ0v) is 14.1. The van der Waals surface area contributed by atoms with Crippen molar-refractivity contribution in [3.63, 3.8) is 0 Å². The molecule has 0 aliphatic carbocycles. The van der Waals surface area contributed by atoms with Crippen LogP contribution < -0.4 is 0 Å². The Kier molecular flexibility index (Phi) is 5.98. The van der Waals surface area contributed by atoms with Gasteiger partial charge < -0.3 is 4.74 Å². The molecule has 0 saturated carbocycles. The lowest BCUT2D eigenvalue weighted by molar-refractivity contribution is 0.0474. The maximum absolute atomic E-state index is 12.8. The van der Waals surface area contributed by atoms with Gasteiger partial charge in [-0.25, -0.2) is 9.18 Å². The molecule has 24 heavy (non-hydrogen) atoms. The summed E-state index contributed by atoms with van der Waals surface area (Å²) in [6.07, 6.45) is 0. The van der Waals surface area contributed by atoms with Gasteiger partial charge in [0.25, 0.3) is 0 Å². The lowest BCUT2D eigenvalue weighted by atomic mass is 10.1. The van der Waals surface area contributed by atoms with Crippen LogP contribution in [-0.2, 0) is 15.5 Å². The summed E-state index contributed by atoms with van der Waals surface area (Å²) in [4.78, 5) is 24.4. The van der Waals surface area contributed by atoms with Gasteiger partial charge >= 0.3 is 5.97 Å². The second kappa shape index (κ2) is 7.97. The SMILES string of the molecule is CC(C)[S@](=O)c1ccc(C(=O)OCC(=O)c2ccc(F)cc2)cc1. The van der Waals surface area contributed by atoms with Gasteiger partial charge in [0.05, 0.1) is 16.4 Å². The van der Waals surface area contributed by atoms with E-state index in [9.17, 15) is 18.2 Å². The molecule has 4 nitrogen and oxygen atoms in total. The Hall–Kier alpha value is -2.34. The number of hydrogen-bond donors (Lipinski definition) is 0. The summed E-state index contributed by atoms with van der Waals surface area (Å²) < 4.78 is 29.7. The van der Waals surface area contributed by atoms with Crippen molar-refractivity contribution in [2.45, 2.75) is 24.0 Å². The predicted molar refractivity (Wildman–Crippen MR) is 89.0 cm³/mol. The van der Waals surface area contributed by atoms with E-state index in [0.29, 0.717) is 4.90 Å². The Morgan fingerprint density at radius 2 is 1.54 bits per heavy atom. The van der Waals surface area contributed by atoms with E-state index in [1.165, 1.54) is 36.4 Å². The molecule has 1 atom stereocenters. The second-order valence-electron chi connectivity index (χ2n) is 5.38. The standard InChI is InChI=1S/C18H17FO4S/c1-12(2)24(22)16-9-5-14(6-10-16)18(21)23-11-17(20)13-3-7-15(19)8-4-13/h3-10,12H,11H2,1-2H3/t24-/m0/s1. The van der Waals surface area contributed by atoms with Crippen LogP contribution >= 0.6 is 0 Å². The summed E-state index contributed by atoms with van der Waals surface area (Å²) >= 11 is 0. The third kappa shape index (κ3) is 4.58. The van der Waals surface area contributed by atoms with Crippen LogP contribution in [0.3, 0.4) is 0 Å². The Labute approximate surface area is 142 Å². The molecule has 6 heteroatoms. The molecule has 0 unspecified atom stereocenters. The normalized spacial score (nSPS) is 12.0. The van der Waals surface area contributed by atoms with Crippen LogP contribution in [0.5, 0.6) is 0 Å². The molecule has 0 heterocycles. The van der Waals surface area contributed by atoms with Crippen LogP contribution in [0.1, 0.15) is 34.6 Å². The van der Waals surface area contributed by atoms with Gasteiger partial charge in [-0.05, 0) is 48.5 Å². The van der Waals surface area contributed by atoms with Crippen LogP contribution in [0, 0.1) is 5.82 Å². The second-order valence-corrected chi connectivity index (χ2v) is 7.39. The van der Waals surface area contributed by atoms with Crippen LogP contribution in [0.25, 0.3) is 0 Å². The summed E-state index contributed by atoms with van der Waals surface area (Å²) in [6, 6.07) is 11.2. The zero-order chi connectivity index (χ0) is 17.7. The van der Waals surface area contributed by atoms with Gasteiger partial charge in [0.15, 0.2) is 12.4 Å². The summed E-state index contributed by atoms with van der Waals surface area (Å²) in [6.45, 7) is 3.27. The van der Waals surface area contributed by atoms with E-state index in [-0.39, 0.29) is 16.4 Å². The van der Waals surface area contributed by atoms with E-state index in [1.807, 2.05) is 13.8 Å². The number of carbonyl (C=O) groups is 2. The van der Waals surface area contributed by atoms with E-state index < -0.39 is 35.0 Å². The van der Waals surface area contributed by atoms with Gasteiger partial charge in [-0.3, -0.25) is 9.00 Å². The van der Waals surface area contributed by atoms with Crippen LogP contribution in [0.4, 0.5) is 4.39 Å². The fraction of sp³-hybridized carbons (Fsp3) is 0.222. The first-order valence-electron chi connectivity index (χ1n) is 7.35. The number of carbonyl (C=O) groups excluding carboxylic acids is 2. The maximum atomic E-state index is 12.8. The highest BCUT2D eigenvalue weighted by Crippen LogP contribution is 2.13. The first-order valence-corrected chi connectivity index (χ1v) is 8.56. The summed E-state index contributed by atoms with van der Waals surface area (Å²) in [5.74, 6) is -1.50. The monoisotopic (exact) mass is 348 g/mol. The number of halogens is 1. The van der Waals surface area contributed by atoms with Gasteiger partial charge in [-0.1, -0.05) is 13.8 Å². The fourth-order valence-electron chi connectivity index (χ4n) is 1.93. The molecule has 2 aromatic carbocycles. The Balaban J connectivity index is 1.96. The molecule has 0 aliphatic heterocycles. The van der Waals surface area contributed by atoms with Crippen molar-refractivity contribution in [2.24, 2.45) is 0 Å². The zero-order valence-electron chi connectivity index (χ0n) is 13.3. The van der Waals surface area contributed by atoms with Crippen molar-refractivity contribution in [2.75, 3.05) is 6.61 Å². The van der Waals surface area contributed by atoms with Crippen LogP contribution in [-0.4, -0.2) is 27.8 Å². The molecular weight excluding hydrogens is 331 g/mol. The van der Waals surface area contributed by atoms with Crippen molar-refractivity contribution in [1.29, 1.82) is 0 Å². The molecule has 0 radical (unpaired) electrons. The van der Waals surface area contributed by atoms with Gasteiger partial charge in [-0.15, -0.1) is 0 Å². The molecule has 2 rings (SSSR count). The van der Waals surface area contributed by atoms with Gasteiger partial charge in [0, 0.05) is 15.7 Å². The molecule has 126 valence electrons. The quantitative estimate of drug-likeness (QED) is 0.593. The van der Waals surface area contributed by atoms with Crippen LogP contribution in [0.15, 0.2) is 53.4 Å². The van der Waals surface area contributed by atoms with Crippen molar-refractivity contribution in [3.05, 3.63) is 65.5 Å². The highest BCUT2D eigenvalue weighted by atomic mass is 32.2. The van der Waals surface area contributed by atoms with Gasteiger partial charge in [0.2, 0.25) is 0 Å². The summed E-state index contributed by atoms with van der Waals surface area (Å²) in [5.41, 5.74) is 0.540. The average Bonchev–Trinajstić information content (AvgIpc) is 2.59. The molecule has 0 fully saturated rings. The van der Waals surface area contributed by atoms with Crippen molar-refractivity contribution < 1.29 is 22.9 Å². The molecule has 0 N–H and O–H groups in total. The summed E-state index contributed by atoms with van der Waals surface area (Å²) in [7, 11) is -1.13. The lowest BCUT2D eigenvalue weighted by Crippen LogP contribution is -2.14. The lowest BCUT2D eigenvalue weighted by Gasteiger charge is -2.07. The van der Waals surface area contributed by atoms with E-state index in [1.54, 1.807) is 12.1 Å². The Morgan fingerprint density at radius 1 is 1.00 bits per heavy atom. The molecule has 2 aromatic rings. The van der Waals surface area contributed by atoms with E-state index in [4.69, 9.17) is 4.74 Å². The van der Waals surface area contributed by atoms with Crippen LogP contribution in [0.2, 0.25) is 0 Å². The van der Waals surface area contributed by atoms with Gasteiger partial charge in [0.1, 0.15) is 5.82 Å². The number of ether oxygens (including phenoxy) is 1. The van der Waals surface area contributed by atoms with E-state index >= 15 is 0 Å². The predicted octanol–water partition coefficient (Wildman–Crippen LogP) is 3.38. The number of hydrogen-bond acceptors (Lipinski definition) is 4. The number of Topliss-reactive ketones (excluding diaryl/α,β-unsaturated/α-hetero) is 1. The number of benzene rings is 2. The van der Waals surface area contributed by atoms with Gasteiger partial charge in [-0.2, -0.15) is 0 Å². The molecule has 0 bridgehead atoms. The average molecular weight is 348 g/mol. The van der Waals surface area contributed by atoms with E-state index in [0.717, 1.165) is 0 Å². The molecule has 0 spiro atoms. The molecular formula is C18H17FO4S. The Morgan fingerprint density at radius 3 is 2.08 bits per heavy atom. The first kappa shape index (κ1) is 18.0. The molecule has 0 aliphatic rings. The molecule has 0 amide bonds. The number of esters is 1. The fourth-order valence-corrected chi connectivity index (χ4v) is 2.88. The van der Waals surface area contributed by atoms with Crippen molar-refractivity contribution in [3.8, 4) is 0 Å². The highest BCUT2D eigenvalue weighted by molar-refractivity contribution is 7.85. The summed E-state index contributed by atoms with van der Waals surface area (Å²) in [5, 5.41) is -0.0175. The number of ketones is 1. The largest absolute Gasteiger partial charge is 0.454 e. The maximum Gasteiger partial charge on any atom is 0.338 e. The number of rotatable bonds is 6. The highest BCUT2D eigenvalue weighted by Gasteiger charge is 2.13. The minimum atomic E-state index is -1.13. The minimum Gasteiger partial charge on any atom is -0.454 e. The third-order valence-corrected chi connectivity index (χ3v) is 4.84. The third-order valence-electron chi connectivity index (χ3n) is 3.25. The van der Waals surface area contributed by atoms with Crippen molar-refractivity contribution in [1.82, 2.24) is 0 Å². The smallest absolute Gasteiger partial charge is 0.338 e. The minimum absolute atomic E-state index is 0.0175.